The molecule has 0 spiro atoms. The highest BCUT2D eigenvalue weighted by molar-refractivity contribution is 6.07. The number of aromatic amines is 2. The van der Waals surface area contributed by atoms with Crippen molar-refractivity contribution in [1.29, 1.82) is 0 Å². The Morgan fingerprint density at radius 3 is 1.25 bits per heavy atom. The van der Waals surface area contributed by atoms with Crippen molar-refractivity contribution in [2.24, 2.45) is 0 Å². The molecule has 2 heterocycles. The summed E-state index contributed by atoms with van der Waals surface area (Å²) in [6, 6.07) is 21.0. The molecule has 36 heavy (non-hydrogen) atoms. The van der Waals surface area contributed by atoms with Crippen molar-refractivity contribution in [3.63, 3.8) is 0 Å². The number of hydrogen-bond donors (Lipinski definition) is 4. The van der Waals surface area contributed by atoms with Crippen LogP contribution in [0.4, 0.5) is 11.4 Å². The summed E-state index contributed by atoms with van der Waals surface area (Å²) in [7, 11) is 0. The minimum Gasteiger partial charge on any atom is -0.322 e. The smallest absolute Gasteiger partial charge is 0.255 e. The van der Waals surface area contributed by atoms with E-state index in [0.29, 0.717) is 34.2 Å². The molecule has 0 fully saturated rings. The van der Waals surface area contributed by atoms with Gasteiger partial charge in [-0.3, -0.25) is 19.8 Å². The van der Waals surface area contributed by atoms with E-state index in [1.807, 2.05) is 38.1 Å². The van der Waals surface area contributed by atoms with Crippen LogP contribution in [0.1, 0.15) is 32.4 Å². The van der Waals surface area contributed by atoms with E-state index >= 15 is 0 Å². The number of benzene rings is 3. The van der Waals surface area contributed by atoms with E-state index in [1.165, 1.54) is 0 Å². The van der Waals surface area contributed by atoms with Crippen molar-refractivity contribution >= 4 is 23.2 Å². The fourth-order valence-corrected chi connectivity index (χ4v) is 3.53. The maximum atomic E-state index is 12.6. The average Bonchev–Trinajstić information content (AvgIpc) is 3.53. The van der Waals surface area contributed by atoms with Gasteiger partial charge in [-0.1, -0.05) is 0 Å². The summed E-state index contributed by atoms with van der Waals surface area (Å²) < 4.78 is 0. The first-order valence-electron chi connectivity index (χ1n) is 11.2. The number of rotatable bonds is 6. The molecule has 2 amide bonds. The Bertz CT molecular complexity index is 1400. The molecule has 0 unspecified atom stereocenters. The predicted octanol–water partition coefficient (Wildman–Crippen LogP) is 4.38. The molecule has 4 N–H and O–H groups in total. The van der Waals surface area contributed by atoms with E-state index in [2.05, 4.69) is 41.0 Å². The molecule has 0 bridgehead atoms. The zero-order valence-corrected chi connectivity index (χ0v) is 19.5. The Hall–Kier alpha value is -5.12. The highest BCUT2D eigenvalue weighted by atomic mass is 16.2. The summed E-state index contributed by atoms with van der Waals surface area (Å²) >= 11 is 0. The number of nitrogens with zero attached hydrogens (tertiary/aromatic N) is 4. The molecule has 0 aliphatic rings. The van der Waals surface area contributed by atoms with Crippen molar-refractivity contribution < 1.29 is 9.59 Å². The van der Waals surface area contributed by atoms with Crippen molar-refractivity contribution in [3.8, 4) is 22.8 Å². The third-order valence-electron chi connectivity index (χ3n) is 5.41. The van der Waals surface area contributed by atoms with Crippen LogP contribution in [0.15, 0.2) is 72.8 Å². The summed E-state index contributed by atoms with van der Waals surface area (Å²) in [6.07, 6.45) is 0. The number of H-pyrrole nitrogens is 2. The number of aryl methyl sites for hydroxylation is 2. The molecule has 5 rings (SSSR count). The van der Waals surface area contributed by atoms with Gasteiger partial charge in [-0.05, 0) is 86.6 Å². The van der Waals surface area contributed by atoms with Gasteiger partial charge in [0.25, 0.3) is 11.8 Å². The van der Waals surface area contributed by atoms with Crippen LogP contribution in [-0.2, 0) is 0 Å². The normalized spacial score (nSPS) is 10.7. The van der Waals surface area contributed by atoms with Gasteiger partial charge in [-0.2, -0.15) is 10.2 Å². The van der Waals surface area contributed by atoms with Crippen LogP contribution in [0.2, 0.25) is 0 Å². The molecule has 2 aromatic heterocycles. The van der Waals surface area contributed by atoms with Gasteiger partial charge in [0.15, 0.2) is 11.6 Å². The van der Waals surface area contributed by atoms with Crippen molar-refractivity contribution in [3.05, 3.63) is 95.6 Å². The third-order valence-corrected chi connectivity index (χ3v) is 5.41. The van der Waals surface area contributed by atoms with E-state index < -0.39 is 0 Å². The van der Waals surface area contributed by atoms with Gasteiger partial charge in [-0.15, -0.1) is 0 Å². The number of nitrogens with one attached hydrogen (secondary N) is 4. The summed E-state index contributed by atoms with van der Waals surface area (Å²) in [6.45, 7) is 3.66. The van der Waals surface area contributed by atoms with Crippen LogP contribution < -0.4 is 10.6 Å². The van der Waals surface area contributed by atoms with Gasteiger partial charge in [0.1, 0.15) is 11.6 Å². The fraction of sp³-hybridized carbons (Fsp3) is 0.0769. The maximum absolute atomic E-state index is 12.6. The summed E-state index contributed by atoms with van der Waals surface area (Å²) in [5.41, 5.74) is 3.84. The van der Waals surface area contributed by atoms with Crippen LogP contribution in [0.5, 0.6) is 0 Å². The van der Waals surface area contributed by atoms with Crippen LogP contribution in [-0.4, -0.2) is 42.2 Å². The zero-order valence-electron chi connectivity index (χ0n) is 19.5. The monoisotopic (exact) mass is 478 g/mol. The highest BCUT2D eigenvalue weighted by Gasteiger charge is 2.11. The second-order valence-electron chi connectivity index (χ2n) is 8.13. The highest BCUT2D eigenvalue weighted by Crippen LogP contribution is 2.20. The number of aromatic nitrogens is 6. The Morgan fingerprint density at radius 2 is 0.944 bits per heavy atom. The number of carbonyl (C=O) groups is 2. The van der Waals surface area contributed by atoms with Crippen LogP contribution in [0.3, 0.4) is 0 Å². The molecule has 3 aromatic carbocycles. The largest absolute Gasteiger partial charge is 0.322 e. The molecule has 0 atom stereocenters. The Labute approximate surface area is 206 Å². The molecular weight excluding hydrogens is 456 g/mol. The average molecular weight is 479 g/mol. The third kappa shape index (κ3) is 5.02. The molecular formula is C26H22N8O2. The molecule has 10 heteroatoms. The van der Waals surface area contributed by atoms with E-state index in [1.54, 1.807) is 48.5 Å². The van der Waals surface area contributed by atoms with Crippen LogP contribution in [0.25, 0.3) is 22.8 Å². The molecule has 10 nitrogen and oxygen atoms in total. The standard InChI is InChI=1S/C26H22N8O2/c1-15-27-23(33-31-15)17-7-11-21(12-8-17)29-25(35)19-3-5-20(6-4-19)26(36)30-22-13-9-18(10-14-22)24-28-16(2)32-34-24/h3-14H,1-2H3,(H,29,35)(H,30,36)(H,27,31,33)(H,28,32,34). The fourth-order valence-electron chi connectivity index (χ4n) is 3.53. The van der Waals surface area contributed by atoms with E-state index in [4.69, 9.17) is 0 Å². The van der Waals surface area contributed by atoms with E-state index in [-0.39, 0.29) is 11.8 Å². The maximum Gasteiger partial charge on any atom is 0.255 e. The Balaban J connectivity index is 1.19. The topological polar surface area (TPSA) is 141 Å². The summed E-state index contributed by atoms with van der Waals surface area (Å²) in [5.74, 6) is 2.10. The first-order valence-corrected chi connectivity index (χ1v) is 11.2. The van der Waals surface area contributed by atoms with Crippen molar-refractivity contribution in [2.45, 2.75) is 13.8 Å². The number of hydrogen-bond acceptors (Lipinski definition) is 6. The van der Waals surface area contributed by atoms with E-state index in [9.17, 15) is 9.59 Å². The van der Waals surface area contributed by atoms with Gasteiger partial charge in [0, 0.05) is 33.6 Å². The summed E-state index contributed by atoms with van der Waals surface area (Å²) in [5, 5.41) is 19.6. The Kier molecular flexibility index (Phi) is 6.06. The van der Waals surface area contributed by atoms with Crippen LogP contribution >= 0.6 is 0 Å². The summed E-state index contributed by atoms with van der Waals surface area (Å²) in [4.78, 5) is 33.9. The quantitative estimate of drug-likeness (QED) is 0.285. The Morgan fingerprint density at radius 1 is 0.583 bits per heavy atom. The lowest BCUT2D eigenvalue weighted by molar-refractivity contribution is 0.101. The van der Waals surface area contributed by atoms with Gasteiger partial charge < -0.3 is 10.6 Å². The molecule has 0 aliphatic heterocycles. The number of carbonyl (C=O) groups excluding carboxylic acids is 2. The van der Waals surface area contributed by atoms with Crippen molar-refractivity contribution in [1.82, 2.24) is 30.4 Å². The first-order chi connectivity index (χ1) is 17.4. The number of anilines is 2. The second-order valence-corrected chi connectivity index (χ2v) is 8.13. The van der Waals surface area contributed by atoms with Gasteiger partial charge >= 0.3 is 0 Å². The molecule has 0 saturated heterocycles. The van der Waals surface area contributed by atoms with Gasteiger partial charge in [0.05, 0.1) is 0 Å². The minimum atomic E-state index is -0.277. The zero-order chi connectivity index (χ0) is 25.1. The SMILES string of the molecule is Cc1nc(-c2ccc(NC(=O)c3ccc(C(=O)Nc4ccc(-c5n[nH]c(C)n5)cc4)cc3)cc2)n[nH]1. The van der Waals surface area contributed by atoms with E-state index in [0.717, 1.165) is 22.8 Å². The van der Waals surface area contributed by atoms with Crippen LogP contribution in [0, 0.1) is 13.8 Å². The lowest BCUT2D eigenvalue weighted by Crippen LogP contribution is -2.14. The molecule has 5 aromatic rings. The first kappa shape index (κ1) is 22.7. The van der Waals surface area contributed by atoms with Gasteiger partial charge in [-0.25, -0.2) is 9.97 Å². The molecule has 0 saturated carbocycles. The molecule has 0 aliphatic carbocycles. The predicted molar refractivity (Wildman–Crippen MR) is 135 cm³/mol. The van der Waals surface area contributed by atoms with Gasteiger partial charge in [0.2, 0.25) is 0 Å². The van der Waals surface area contributed by atoms with Crippen molar-refractivity contribution in [2.75, 3.05) is 10.6 Å². The molecule has 178 valence electrons. The lowest BCUT2D eigenvalue weighted by atomic mass is 10.1. The molecule has 0 radical (unpaired) electrons. The number of amides is 2. The minimum absolute atomic E-state index is 0.277. The second kappa shape index (κ2) is 9.63. The lowest BCUT2D eigenvalue weighted by Gasteiger charge is -2.08.